The van der Waals surface area contributed by atoms with Crippen LogP contribution in [0, 0.1) is 0 Å². The van der Waals surface area contributed by atoms with E-state index >= 15 is 0 Å². The fraction of sp³-hybridized carbons (Fsp3) is 0.345. The molecule has 2 aliphatic rings. The molecule has 2 atom stereocenters. The van der Waals surface area contributed by atoms with Gasteiger partial charge in [0.2, 0.25) is 5.91 Å². The third-order valence-electron chi connectivity index (χ3n) is 7.08. The Hall–Kier alpha value is -3.27. The summed E-state index contributed by atoms with van der Waals surface area (Å²) in [6, 6.07) is 25.9. The third kappa shape index (κ3) is 4.61. The highest BCUT2D eigenvalue weighted by atomic mass is 16.5. The van der Waals surface area contributed by atoms with Crippen molar-refractivity contribution in [3.63, 3.8) is 0 Å². The number of fused-ring (bicyclic) bond motifs is 1. The van der Waals surface area contributed by atoms with Crippen molar-refractivity contribution in [3.8, 4) is 11.5 Å². The van der Waals surface area contributed by atoms with Crippen molar-refractivity contribution >= 4 is 5.91 Å². The van der Waals surface area contributed by atoms with E-state index in [9.17, 15) is 4.79 Å². The maximum atomic E-state index is 11.8. The molecule has 1 amide bonds. The molecule has 1 fully saturated rings. The molecule has 0 spiro atoms. The van der Waals surface area contributed by atoms with Gasteiger partial charge in [0.25, 0.3) is 0 Å². The van der Waals surface area contributed by atoms with Crippen LogP contribution in [0.3, 0.4) is 0 Å². The molecule has 5 rings (SSSR count). The zero-order valence-electron chi connectivity index (χ0n) is 19.2. The zero-order chi connectivity index (χ0) is 22.6. The number of rotatable bonds is 7. The first kappa shape index (κ1) is 21.6. The molecular weight excluding hydrogens is 410 g/mol. The minimum absolute atomic E-state index is 0.244. The molecule has 4 heteroatoms. The molecule has 2 unspecified atom stereocenters. The van der Waals surface area contributed by atoms with E-state index in [0.717, 1.165) is 37.3 Å². The highest BCUT2D eigenvalue weighted by Crippen LogP contribution is 2.47. The number of methoxy groups -OCH3 is 1. The van der Waals surface area contributed by atoms with Gasteiger partial charge in [0, 0.05) is 18.9 Å². The van der Waals surface area contributed by atoms with Crippen molar-refractivity contribution in [2.45, 2.75) is 37.5 Å². The number of likely N-dealkylation sites (tertiary alicyclic amines) is 1. The summed E-state index contributed by atoms with van der Waals surface area (Å²) < 4.78 is 11.4. The van der Waals surface area contributed by atoms with Gasteiger partial charge in [-0.3, -0.25) is 4.79 Å². The van der Waals surface area contributed by atoms with Crippen LogP contribution in [-0.4, -0.2) is 37.6 Å². The number of amides is 1. The Bertz CT molecular complexity index is 1090. The second-order valence-electron chi connectivity index (χ2n) is 9.00. The average molecular weight is 442 g/mol. The highest BCUT2D eigenvalue weighted by Gasteiger charge is 2.32. The van der Waals surface area contributed by atoms with Gasteiger partial charge >= 0.3 is 0 Å². The Balaban J connectivity index is 1.38. The van der Waals surface area contributed by atoms with Crippen molar-refractivity contribution in [1.29, 1.82) is 0 Å². The lowest BCUT2D eigenvalue weighted by Gasteiger charge is -2.35. The summed E-state index contributed by atoms with van der Waals surface area (Å²) in [5.74, 6) is 2.74. The van der Waals surface area contributed by atoms with Crippen molar-refractivity contribution in [2.75, 3.05) is 26.8 Å². The molecule has 4 nitrogen and oxygen atoms in total. The number of carbonyl (C=O) groups excluding carboxylic acids is 1. The first-order valence-corrected chi connectivity index (χ1v) is 12.0. The molecule has 1 heterocycles. The van der Waals surface area contributed by atoms with Crippen LogP contribution in [-0.2, 0) is 11.2 Å². The molecule has 1 aliphatic carbocycles. The predicted molar refractivity (Wildman–Crippen MR) is 130 cm³/mol. The normalized spacial score (nSPS) is 19.9. The molecule has 170 valence electrons. The van der Waals surface area contributed by atoms with Gasteiger partial charge in [-0.2, -0.15) is 0 Å². The summed E-state index contributed by atoms with van der Waals surface area (Å²) in [5.41, 5.74) is 5.45. The van der Waals surface area contributed by atoms with Crippen molar-refractivity contribution in [2.24, 2.45) is 0 Å². The average Bonchev–Trinajstić information content (AvgIpc) is 3.28. The van der Waals surface area contributed by atoms with E-state index in [1.54, 1.807) is 7.11 Å². The molecule has 0 saturated carbocycles. The van der Waals surface area contributed by atoms with Crippen LogP contribution < -0.4 is 9.47 Å². The number of ether oxygens (including phenoxy) is 2. The zero-order valence-corrected chi connectivity index (χ0v) is 19.2. The topological polar surface area (TPSA) is 38.8 Å². The lowest BCUT2D eigenvalue weighted by molar-refractivity contribution is -0.128. The van der Waals surface area contributed by atoms with Crippen LogP contribution in [0.2, 0.25) is 0 Å². The SMILES string of the molecule is COc1ccc2c(c1)CCC(c1ccccc1)C2c1ccc(OCCN2CCCC2=O)cc1. The van der Waals surface area contributed by atoms with Gasteiger partial charge < -0.3 is 14.4 Å². The third-order valence-corrected chi connectivity index (χ3v) is 7.08. The molecule has 0 N–H and O–H groups in total. The second kappa shape index (κ2) is 9.70. The summed E-state index contributed by atoms with van der Waals surface area (Å²) in [5, 5.41) is 0. The molecular formula is C29H31NO3. The number of nitrogens with zero attached hydrogens (tertiary/aromatic N) is 1. The molecule has 0 radical (unpaired) electrons. The monoisotopic (exact) mass is 441 g/mol. The number of benzene rings is 3. The van der Waals surface area contributed by atoms with E-state index in [1.807, 2.05) is 4.90 Å². The maximum absolute atomic E-state index is 11.8. The predicted octanol–water partition coefficient (Wildman–Crippen LogP) is 5.56. The van der Waals surface area contributed by atoms with E-state index in [1.165, 1.54) is 22.3 Å². The molecule has 3 aromatic rings. The molecule has 1 saturated heterocycles. The highest BCUT2D eigenvalue weighted by molar-refractivity contribution is 5.78. The largest absolute Gasteiger partial charge is 0.497 e. The molecule has 0 bridgehead atoms. The fourth-order valence-electron chi connectivity index (χ4n) is 5.38. The molecule has 33 heavy (non-hydrogen) atoms. The lowest BCUT2D eigenvalue weighted by Crippen LogP contribution is -2.29. The van der Waals surface area contributed by atoms with Gasteiger partial charge in [-0.1, -0.05) is 48.5 Å². The molecule has 0 aromatic heterocycles. The Morgan fingerprint density at radius 2 is 1.70 bits per heavy atom. The second-order valence-corrected chi connectivity index (χ2v) is 9.00. The summed E-state index contributed by atoms with van der Waals surface area (Å²) >= 11 is 0. The summed E-state index contributed by atoms with van der Waals surface area (Å²) in [4.78, 5) is 13.7. The van der Waals surface area contributed by atoms with Gasteiger partial charge in [-0.25, -0.2) is 0 Å². The summed E-state index contributed by atoms with van der Waals surface area (Å²) in [6.45, 7) is 2.05. The first-order chi connectivity index (χ1) is 16.2. The van der Waals surface area contributed by atoms with Crippen LogP contribution >= 0.6 is 0 Å². The number of hydrogen-bond donors (Lipinski definition) is 0. The minimum Gasteiger partial charge on any atom is -0.497 e. The number of hydrogen-bond acceptors (Lipinski definition) is 3. The van der Waals surface area contributed by atoms with Crippen LogP contribution in [0.5, 0.6) is 11.5 Å². The van der Waals surface area contributed by atoms with Crippen molar-refractivity contribution < 1.29 is 14.3 Å². The van der Waals surface area contributed by atoms with Gasteiger partial charge in [0.15, 0.2) is 0 Å². The van der Waals surface area contributed by atoms with Gasteiger partial charge in [0.05, 0.1) is 13.7 Å². The van der Waals surface area contributed by atoms with Crippen LogP contribution in [0.1, 0.15) is 53.4 Å². The van der Waals surface area contributed by atoms with Gasteiger partial charge in [0.1, 0.15) is 18.1 Å². The standard InChI is InChI=1S/C29H31NO3/c1-32-25-14-16-27-23(20-25)11-15-26(21-6-3-2-4-7-21)29(27)22-9-12-24(13-10-22)33-19-18-30-17-5-8-28(30)31/h2-4,6-7,9-10,12-14,16,20,26,29H,5,8,11,15,17-19H2,1H3. The van der Waals surface area contributed by atoms with E-state index in [-0.39, 0.29) is 5.91 Å². The Morgan fingerprint density at radius 3 is 2.42 bits per heavy atom. The summed E-state index contributed by atoms with van der Waals surface area (Å²) in [7, 11) is 1.73. The lowest BCUT2D eigenvalue weighted by atomic mass is 9.69. The van der Waals surface area contributed by atoms with Gasteiger partial charge in [-0.05, 0) is 71.7 Å². The first-order valence-electron chi connectivity index (χ1n) is 12.0. The quantitative estimate of drug-likeness (QED) is 0.482. The Morgan fingerprint density at radius 1 is 0.909 bits per heavy atom. The van der Waals surface area contributed by atoms with Crippen LogP contribution in [0.4, 0.5) is 0 Å². The van der Waals surface area contributed by atoms with Crippen molar-refractivity contribution in [3.05, 3.63) is 95.1 Å². The Labute approximate surface area is 196 Å². The minimum atomic E-state index is 0.244. The summed E-state index contributed by atoms with van der Waals surface area (Å²) in [6.07, 6.45) is 3.80. The van der Waals surface area contributed by atoms with E-state index in [2.05, 4.69) is 72.8 Å². The van der Waals surface area contributed by atoms with E-state index in [0.29, 0.717) is 31.4 Å². The smallest absolute Gasteiger partial charge is 0.222 e. The van der Waals surface area contributed by atoms with Crippen LogP contribution in [0.25, 0.3) is 0 Å². The molecule has 1 aliphatic heterocycles. The Kier molecular flexibility index (Phi) is 6.34. The van der Waals surface area contributed by atoms with E-state index in [4.69, 9.17) is 9.47 Å². The number of aryl methyl sites for hydroxylation is 1. The maximum Gasteiger partial charge on any atom is 0.222 e. The number of carbonyl (C=O) groups is 1. The van der Waals surface area contributed by atoms with Gasteiger partial charge in [-0.15, -0.1) is 0 Å². The van der Waals surface area contributed by atoms with Crippen molar-refractivity contribution in [1.82, 2.24) is 4.90 Å². The van der Waals surface area contributed by atoms with E-state index < -0.39 is 0 Å². The van der Waals surface area contributed by atoms with Crippen LogP contribution in [0.15, 0.2) is 72.8 Å². The molecule has 3 aromatic carbocycles. The fourth-order valence-corrected chi connectivity index (χ4v) is 5.38.